The van der Waals surface area contributed by atoms with E-state index in [9.17, 15) is 9.59 Å². The molecule has 1 aliphatic heterocycles. The molecule has 2 atom stereocenters. The molecule has 3 nitrogen and oxygen atoms in total. The molecule has 2 unspecified atom stereocenters. The first-order valence-electron chi connectivity index (χ1n) is 7.14. The van der Waals surface area contributed by atoms with Crippen molar-refractivity contribution in [2.24, 2.45) is 22.7 Å². The lowest BCUT2D eigenvalue weighted by atomic mass is 9.48. The van der Waals surface area contributed by atoms with Crippen molar-refractivity contribution >= 4 is 11.8 Å². The first kappa shape index (κ1) is 13.6. The van der Waals surface area contributed by atoms with Gasteiger partial charge in [0.25, 0.3) is 0 Å². The van der Waals surface area contributed by atoms with Crippen LogP contribution in [0.1, 0.15) is 59.8 Å². The lowest BCUT2D eigenvalue weighted by Crippen LogP contribution is -2.60. The van der Waals surface area contributed by atoms with E-state index in [0.29, 0.717) is 6.42 Å². The summed E-state index contributed by atoms with van der Waals surface area (Å²) in [6.07, 6.45) is 5.02. The number of piperidine rings is 1. The molecule has 1 heterocycles. The average Bonchev–Trinajstić information content (AvgIpc) is 2.20. The van der Waals surface area contributed by atoms with Gasteiger partial charge in [-0.3, -0.25) is 14.9 Å². The van der Waals surface area contributed by atoms with Crippen LogP contribution >= 0.6 is 0 Å². The van der Waals surface area contributed by atoms with Crippen LogP contribution in [0.15, 0.2) is 0 Å². The summed E-state index contributed by atoms with van der Waals surface area (Å²) in [5.74, 6) is 0.143. The zero-order valence-corrected chi connectivity index (χ0v) is 12.0. The van der Waals surface area contributed by atoms with Gasteiger partial charge < -0.3 is 0 Å². The summed E-state index contributed by atoms with van der Waals surface area (Å²) in [6.45, 7) is 8.69. The van der Waals surface area contributed by atoms with Gasteiger partial charge in [-0.05, 0) is 29.6 Å². The van der Waals surface area contributed by atoms with E-state index in [0.717, 1.165) is 19.3 Å². The third-order valence-corrected chi connectivity index (χ3v) is 5.31. The van der Waals surface area contributed by atoms with Gasteiger partial charge in [-0.1, -0.05) is 40.5 Å². The molecule has 2 fully saturated rings. The Kier molecular flexibility index (Phi) is 3.28. The Bertz CT molecular complexity index is 373. The van der Waals surface area contributed by atoms with Gasteiger partial charge in [-0.2, -0.15) is 0 Å². The highest BCUT2D eigenvalue weighted by Crippen LogP contribution is 2.59. The van der Waals surface area contributed by atoms with Gasteiger partial charge in [-0.25, -0.2) is 0 Å². The number of carbonyl (C=O) groups excluding carboxylic acids is 2. The van der Waals surface area contributed by atoms with Crippen LogP contribution in [0.3, 0.4) is 0 Å². The third kappa shape index (κ3) is 1.88. The molecule has 0 aromatic heterocycles. The van der Waals surface area contributed by atoms with Gasteiger partial charge in [-0.15, -0.1) is 0 Å². The Labute approximate surface area is 110 Å². The molecule has 3 heteroatoms. The lowest BCUT2D eigenvalue weighted by Gasteiger charge is -2.56. The van der Waals surface area contributed by atoms with Crippen molar-refractivity contribution in [3.8, 4) is 0 Å². The minimum absolute atomic E-state index is 0.0227. The van der Waals surface area contributed by atoms with Gasteiger partial charge in [0.05, 0.1) is 0 Å². The van der Waals surface area contributed by atoms with Crippen molar-refractivity contribution in [2.75, 3.05) is 0 Å². The topological polar surface area (TPSA) is 46.2 Å². The van der Waals surface area contributed by atoms with E-state index >= 15 is 0 Å². The molecule has 1 saturated carbocycles. The molecule has 2 amide bonds. The lowest BCUT2D eigenvalue weighted by molar-refractivity contribution is -0.158. The predicted octanol–water partition coefficient (Wildman–Crippen LogP) is 2.89. The Morgan fingerprint density at radius 1 is 1.17 bits per heavy atom. The van der Waals surface area contributed by atoms with Crippen molar-refractivity contribution in [3.63, 3.8) is 0 Å². The second-order valence-electron chi connectivity index (χ2n) is 7.06. The number of imide groups is 1. The summed E-state index contributed by atoms with van der Waals surface area (Å²) in [5, 5.41) is 2.54. The number of amides is 2. The van der Waals surface area contributed by atoms with Gasteiger partial charge in [0.15, 0.2) is 0 Å². The molecule has 1 saturated heterocycles. The third-order valence-electron chi connectivity index (χ3n) is 5.31. The molecule has 0 aromatic rings. The largest absolute Gasteiger partial charge is 0.296 e. The van der Waals surface area contributed by atoms with Gasteiger partial charge in [0.2, 0.25) is 11.8 Å². The second kappa shape index (κ2) is 4.36. The number of hydrogen-bond donors (Lipinski definition) is 1. The van der Waals surface area contributed by atoms with Crippen LogP contribution in [0.25, 0.3) is 0 Å². The Morgan fingerprint density at radius 3 is 2.33 bits per heavy atom. The molecule has 0 bridgehead atoms. The fourth-order valence-corrected chi connectivity index (χ4v) is 4.35. The smallest absolute Gasteiger partial charge is 0.230 e. The van der Waals surface area contributed by atoms with Crippen molar-refractivity contribution < 1.29 is 9.59 Å². The Hall–Kier alpha value is -0.860. The van der Waals surface area contributed by atoms with Crippen LogP contribution in [0.4, 0.5) is 0 Å². The molecule has 1 N–H and O–H groups in total. The number of hydrogen-bond acceptors (Lipinski definition) is 2. The van der Waals surface area contributed by atoms with Gasteiger partial charge in [0, 0.05) is 12.3 Å². The SMILES string of the molecule is CC(C)C1C(=O)NC(=O)CC12CCCCC2(C)C. The van der Waals surface area contributed by atoms with Crippen LogP contribution in [0.2, 0.25) is 0 Å². The molecule has 102 valence electrons. The fraction of sp³-hybridized carbons (Fsp3) is 0.867. The minimum atomic E-state index is -0.126. The zero-order valence-electron chi connectivity index (χ0n) is 12.0. The molecule has 1 aliphatic carbocycles. The van der Waals surface area contributed by atoms with E-state index in [2.05, 4.69) is 33.0 Å². The maximum absolute atomic E-state index is 12.3. The molecule has 0 aromatic carbocycles. The van der Waals surface area contributed by atoms with Crippen molar-refractivity contribution in [3.05, 3.63) is 0 Å². The standard InChI is InChI=1S/C15H25NO2/c1-10(2)12-13(18)16-11(17)9-15(12)8-6-5-7-14(15,3)4/h10,12H,5-9H2,1-4H3,(H,16,17,18). The molecule has 0 radical (unpaired) electrons. The van der Waals surface area contributed by atoms with E-state index < -0.39 is 0 Å². The number of rotatable bonds is 1. The van der Waals surface area contributed by atoms with Crippen LogP contribution in [0, 0.1) is 22.7 Å². The van der Waals surface area contributed by atoms with Gasteiger partial charge >= 0.3 is 0 Å². The van der Waals surface area contributed by atoms with E-state index in [1.165, 1.54) is 6.42 Å². The minimum Gasteiger partial charge on any atom is -0.296 e. The van der Waals surface area contributed by atoms with Crippen LogP contribution < -0.4 is 5.32 Å². The second-order valence-corrected chi connectivity index (χ2v) is 7.06. The quantitative estimate of drug-likeness (QED) is 0.728. The van der Waals surface area contributed by atoms with E-state index in [1.54, 1.807) is 0 Å². The summed E-state index contributed by atoms with van der Waals surface area (Å²) < 4.78 is 0. The Morgan fingerprint density at radius 2 is 1.78 bits per heavy atom. The molecule has 18 heavy (non-hydrogen) atoms. The van der Waals surface area contributed by atoms with E-state index in [4.69, 9.17) is 0 Å². The molecular formula is C15H25NO2. The number of carbonyl (C=O) groups is 2. The highest BCUT2D eigenvalue weighted by molar-refractivity contribution is 6.00. The zero-order chi connectivity index (χ0) is 13.6. The highest BCUT2D eigenvalue weighted by atomic mass is 16.2. The highest BCUT2D eigenvalue weighted by Gasteiger charge is 2.57. The summed E-state index contributed by atoms with van der Waals surface area (Å²) in [6, 6.07) is 0. The van der Waals surface area contributed by atoms with Crippen LogP contribution in [-0.4, -0.2) is 11.8 Å². The molecular weight excluding hydrogens is 226 g/mol. The first-order chi connectivity index (χ1) is 8.30. The summed E-state index contributed by atoms with van der Waals surface area (Å²) in [4.78, 5) is 24.1. The number of nitrogens with one attached hydrogen (secondary N) is 1. The maximum atomic E-state index is 12.3. The summed E-state index contributed by atoms with van der Waals surface area (Å²) in [7, 11) is 0. The molecule has 2 aliphatic rings. The predicted molar refractivity (Wildman–Crippen MR) is 70.8 cm³/mol. The first-order valence-corrected chi connectivity index (χ1v) is 7.14. The summed E-state index contributed by atoms with van der Waals surface area (Å²) in [5.41, 5.74) is -0.0492. The molecule has 2 rings (SSSR count). The molecule has 1 spiro atoms. The Balaban J connectivity index is 2.47. The maximum Gasteiger partial charge on any atom is 0.230 e. The van der Waals surface area contributed by atoms with E-state index in [1.807, 2.05) is 0 Å². The fourth-order valence-electron chi connectivity index (χ4n) is 4.35. The van der Waals surface area contributed by atoms with Crippen molar-refractivity contribution in [1.29, 1.82) is 0 Å². The van der Waals surface area contributed by atoms with Crippen LogP contribution in [-0.2, 0) is 9.59 Å². The monoisotopic (exact) mass is 251 g/mol. The van der Waals surface area contributed by atoms with E-state index in [-0.39, 0.29) is 34.5 Å². The summed E-state index contributed by atoms with van der Waals surface area (Å²) >= 11 is 0. The van der Waals surface area contributed by atoms with Gasteiger partial charge in [0.1, 0.15) is 0 Å². The average molecular weight is 251 g/mol. The van der Waals surface area contributed by atoms with Crippen molar-refractivity contribution in [1.82, 2.24) is 5.32 Å². The van der Waals surface area contributed by atoms with Crippen LogP contribution in [0.5, 0.6) is 0 Å². The van der Waals surface area contributed by atoms with Crippen molar-refractivity contribution in [2.45, 2.75) is 59.8 Å². The normalized spacial score (nSPS) is 35.9.